The van der Waals surface area contributed by atoms with Crippen LogP contribution in [0.2, 0.25) is 10.0 Å². The number of amides is 2. The van der Waals surface area contributed by atoms with Gasteiger partial charge in [0, 0.05) is 18.2 Å². The highest BCUT2D eigenvalue weighted by Crippen LogP contribution is 2.28. The van der Waals surface area contributed by atoms with Crippen LogP contribution in [0.15, 0.2) is 84.9 Å². The lowest BCUT2D eigenvalue weighted by Crippen LogP contribution is -2.38. The third-order valence-corrected chi connectivity index (χ3v) is 6.00. The van der Waals surface area contributed by atoms with Crippen molar-refractivity contribution in [2.45, 2.75) is 13.3 Å². The molecule has 1 N–H and O–H groups in total. The van der Waals surface area contributed by atoms with E-state index in [0.717, 1.165) is 5.56 Å². The summed E-state index contributed by atoms with van der Waals surface area (Å²) in [6.07, 6.45) is 0.694. The summed E-state index contributed by atoms with van der Waals surface area (Å²) in [7, 11) is 0. The molecule has 178 valence electrons. The molecule has 0 aliphatic carbocycles. The van der Waals surface area contributed by atoms with E-state index in [-0.39, 0.29) is 18.4 Å². The first-order chi connectivity index (χ1) is 17.0. The van der Waals surface area contributed by atoms with Gasteiger partial charge < -0.3 is 10.2 Å². The summed E-state index contributed by atoms with van der Waals surface area (Å²) in [6.45, 7) is 2.23. The summed E-state index contributed by atoms with van der Waals surface area (Å²) in [5.41, 5.74) is 2.57. The summed E-state index contributed by atoms with van der Waals surface area (Å²) >= 11 is 12.7. The molecule has 0 fully saturated rings. The van der Waals surface area contributed by atoms with Gasteiger partial charge in [-0.05, 0) is 30.7 Å². The lowest BCUT2D eigenvalue weighted by atomic mass is 10.1. The summed E-state index contributed by atoms with van der Waals surface area (Å²) in [5.74, 6) is -0.201. The fraction of sp³-hybridized carbons (Fsp3) is 0.148. The molecule has 0 atom stereocenters. The Balaban J connectivity index is 1.62. The van der Waals surface area contributed by atoms with Gasteiger partial charge >= 0.3 is 0 Å². The number of halogens is 2. The van der Waals surface area contributed by atoms with E-state index in [0.29, 0.717) is 45.8 Å². The summed E-state index contributed by atoms with van der Waals surface area (Å²) in [4.78, 5) is 27.7. The number of carbonyl (C=O) groups excluding carboxylic acids is 2. The molecular formula is C27H24Cl2N4O2. The Kier molecular flexibility index (Phi) is 7.85. The number of nitrogens with one attached hydrogen (secondary N) is 1. The number of para-hydroxylation sites is 1. The number of benzene rings is 3. The first kappa shape index (κ1) is 24.5. The number of hydrogen-bond donors (Lipinski definition) is 1. The minimum absolute atomic E-state index is 0.133. The molecule has 2 amide bonds. The van der Waals surface area contributed by atoms with Crippen LogP contribution >= 0.6 is 23.2 Å². The average Bonchev–Trinajstić information content (AvgIpc) is 3.28. The molecule has 6 nitrogen and oxygen atoms in total. The van der Waals surface area contributed by atoms with Gasteiger partial charge in [0.25, 0.3) is 5.91 Å². The normalized spacial score (nSPS) is 10.7. The molecule has 3 aromatic carbocycles. The highest BCUT2D eigenvalue weighted by atomic mass is 35.5. The second kappa shape index (κ2) is 11.2. The molecule has 1 heterocycles. The van der Waals surface area contributed by atoms with Crippen molar-refractivity contribution in [3.05, 3.63) is 101 Å². The summed E-state index contributed by atoms with van der Waals surface area (Å²) in [5, 5.41) is 8.45. The van der Waals surface area contributed by atoms with E-state index in [1.165, 1.54) is 4.90 Å². The maximum Gasteiger partial charge on any atom is 0.255 e. The standard InChI is InChI=1S/C27H24Cl2N4O2/c1-2-16-32(27(35)20-12-6-7-13-21(20)28)18-26(34)30-25-17-23(19-10-4-3-5-11-19)31-33(25)24-15-9-8-14-22(24)29/h3-15,17H,2,16,18H2,1H3,(H,30,34). The lowest BCUT2D eigenvalue weighted by Gasteiger charge is -2.22. The highest BCUT2D eigenvalue weighted by molar-refractivity contribution is 6.34. The van der Waals surface area contributed by atoms with Gasteiger partial charge in [-0.1, -0.05) is 84.7 Å². The van der Waals surface area contributed by atoms with Crippen molar-refractivity contribution in [2.75, 3.05) is 18.4 Å². The molecule has 0 saturated heterocycles. The van der Waals surface area contributed by atoms with Crippen LogP contribution in [0.3, 0.4) is 0 Å². The van der Waals surface area contributed by atoms with E-state index >= 15 is 0 Å². The number of hydrogen-bond acceptors (Lipinski definition) is 3. The van der Waals surface area contributed by atoms with Crippen molar-refractivity contribution in [1.29, 1.82) is 0 Å². The Labute approximate surface area is 214 Å². The Morgan fingerprint density at radius 1 is 0.914 bits per heavy atom. The summed E-state index contributed by atoms with van der Waals surface area (Å²) < 4.78 is 1.60. The Morgan fingerprint density at radius 3 is 2.26 bits per heavy atom. The number of aromatic nitrogens is 2. The minimum atomic E-state index is -0.355. The smallest absolute Gasteiger partial charge is 0.255 e. The number of rotatable bonds is 8. The van der Waals surface area contributed by atoms with E-state index in [1.807, 2.05) is 55.5 Å². The third kappa shape index (κ3) is 5.73. The second-order valence-corrected chi connectivity index (χ2v) is 8.71. The molecule has 4 aromatic rings. The Morgan fingerprint density at radius 2 is 1.57 bits per heavy atom. The van der Waals surface area contributed by atoms with Crippen LogP contribution in [-0.2, 0) is 4.79 Å². The largest absolute Gasteiger partial charge is 0.329 e. The Hall–Kier alpha value is -3.61. The molecule has 1 aromatic heterocycles. The third-order valence-electron chi connectivity index (χ3n) is 5.35. The zero-order chi connectivity index (χ0) is 24.8. The number of nitrogens with zero attached hydrogens (tertiary/aromatic N) is 3. The summed E-state index contributed by atoms with van der Waals surface area (Å²) in [6, 6.07) is 25.5. The van der Waals surface area contributed by atoms with Crippen LogP contribution in [0.4, 0.5) is 5.82 Å². The van der Waals surface area contributed by atoms with Gasteiger partial charge in [-0.2, -0.15) is 5.10 Å². The average molecular weight is 507 g/mol. The molecule has 8 heteroatoms. The van der Waals surface area contributed by atoms with Crippen molar-refractivity contribution in [3.63, 3.8) is 0 Å². The lowest BCUT2D eigenvalue weighted by molar-refractivity contribution is -0.116. The first-order valence-electron chi connectivity index (χ1n) is 11.2. The first-order valence-corrected chi connectivity index (χ1v) is 12.0. The molecule has 35 heavy (non-hydrogen) atoms. The number of anilines is 1. The van der Waals surface area contributed by atoms with Gasteiger partial charge in [-0.3, -0.25) is 9.59 Å². The SMILES string of the molecule is CCCN(CC(=O)Nc1cc(-c2ccccc2)nn1-c1ccccc1Cl)C(=O)c1ccccc1Cl. The van der Waals surface area contributed by atoms with Crippen LogP contribution in [-0.4, -0.2) is 39.6 Å². The minimum Gasteiger partial charge on any atom is -0.329 e. The van der Waals surface area contributed by atoms with Gasteiger partial charge in [-0.15, -0.1) is 0 Å². The molecular weight excluding hydrogens is 483 g/mol. The highest BCUT2D eigenvalue weighted by Gasteiger charge is 2.22. The molecule has 0 spiro atoms. The number of carbonyl (C=O) groups is 2. The molecule has 0 unspecified atom stereocenters. The monoisotopic (exact) mass is 506 g/mol. The maximum atomic E-state index is 13.1. The fourth-order valence-electron chi connectivity index (χ4n) is 3.71. The van der Waals surface area contributed by atoms with Gasteiger partial charge in [0.2, 0.25) is 5.91 Å². The van der Waals surface area contributed by atoms with Crippen LogP contribution < -0.4 is 5.32 Å². The van der Waals surface area contributed by atoms with Crippen LogP contribution in [0.25, 0.3) is 16.9 Å². The van der Waals surface area contributed by atoms with E-state index < -0.39 is 0 Å². The maximum absolute atomic E-state index is 13.1. The van der Waals surface area contributed by atoms with E-state index in [9.17, 15) is 9.59 Å². The van der Waals surface area contributed by atoms with Crippen molar-refractivity contribution in [2.24, 2.45) is 0 Å². The van der Waals surface area contributed by atoms with Gasteiger partial charge in [0.1, 0.15) is 12.4 Å². The Bertz CT molecular complexity index is 1340. The second-order valence-electron chi connectivity index (χ2n) is 7.90. The molecule has 4 rings (SSSR count). The van der Waals surface area contributed by atoms with Crippen molar-refractivity contribution in [3.8, 4) is 16.9 Å². The van der Waals surface area contributed by atoms with Crippen molar-refractivity contribution >= 4 is 40.8 Å². The zero-order valence-corrected chi connectivity index (χ0v) is 20.6. The fourth-order valence-corrected chi connectivity index (χ4v) is 4.14. The molecule has 0 aliphatic heterocycles. The van der Waals surface area contributed by atoms with Crippen molar-refractivity contribution < 1.29 is 9.59 Å². The predicted octanol–water partition coefficient (Wildman–Crippen LogP) is 6.34. The van der Waals surface area contributed by atoms with E-state index in [1.54, 1.807) is 41.1 Å². The predicted molar refractivity (Wildman–Crippen MR) is 140 cm³/mol. The molecule has 0 aliphatic rings. The van der Waals surface area contributed by atoms with Crippen LogP contribution in [0.1, 0.15) is 23.7 Å². The van der Waals surface area contributed by atoms with Gasteiger partial charge in [0.15, 0.2) is 0 Å². The molecule has 0 bridgehead atoms. The van der Waals surface area contributed by atoms with Gasteiger partial charge in [-0.25, -0.2) is 4.68 Å². The van der Waals surface area contributed by atoms with E-state index in [2.05, 4.69) is 5.32 Å². The molecule has 0 saturated carbocycles. The zero-order valence-electron chi connectivity index (χ0n) is 19.1. The van der Waals surface area contributed by atoms with Gasteiger partial charge in [0.05, 0.1) is 27.0 Å². The topological polar surface area (TPSA) is 67.2 Å². The van der Waals surface area contributed by atoms with Crippen LogP contribution in [0, 0.1) is 0 Å². The van der Waals surface area contributed by atoms with Crippen molar-refractivity contribution in [1.82, 2.24) is 14.7 Å². The quantitative estimate of drug-likeness (QED) is 0.303. The van der Waals surface area contributed by atoms with Crippen LogP contribution in [0.5, 0.6) is 0 Å². The van der Waals surface area contributed by atoms with E-state index in [4.69, 9.17) is 28.3 Å². The molecule has 0 radical (unpaired) electrons.